The van der Waals surface area contributed by atoms with Crippen molar-refractivity contribution in [3.63, 3.8) is 0 Å². The first-order valence-corrected chi connectivity index (χ1v) is 6.41. The molecule has 1 saturated heterocycles. The molecule has 1 fully saturated rings. The summed E-state index contributed by atoms with van der Waals surface area (Å²) < 4.78 is 0. The fourth-order valence-electron chi connectivity index (χ4n) is 2.88. The van der Waals surface area contributed by atoms with Gasteiger partial charge in [0.2, 0.25) is 0 Å². The third kappa shape index (κ3) is 2.47. The molecule has 0 aromatic heterocycles. The van der Waals surface area contributed by atoms with Gasteiger partial charge in [0.25, 0.3) is 0 Å². The summed E-state index contributed by atoms with van der Waals surface area (Å²) in [7, 11) is 0. The molecule has 0 aromatic rings. The predicted molar refractivity (Wildman–Crippen MR) is 67.6 cm³/mol. The molecule has 0 aromatic carbocycles. The highest BCUT2D eigenvalue weighted by Gasteiger charge is 2.37. The Morgan fingerprint density at radius 3 is 2.53 bits per heavy atom. The molecule has 2 aliphatic rings. The van der Waals surface area contributed by atoms with Gasteiger partial charge in [0, 0.05) is 23.8 Å². The summed E-state index contributed by atoms with van der Waals surface area (Å²) in [6.07, 6.45) is 3.26. The Balaban J connectivity index is 2.07. The fraction of sp³-hybridized carbons (Fsp3) is 0.833. The Morgan fingerprint density at radius 2 is 2.12 bits per heavy atom. The molecule has 2 aliphatic heterocycles. The van der Waals surface area contributed by atoms with Crippen LogP contribution in [0.4, 0.5) is 0 Å². The van der Waals surface area contributed by atoms with E-state index in [0.717, 1.165) is 12.1 Å². The lowest BCUT2D eigenvalue weighted by Crippen LogP contribution is -2.60. The predicted octanol–water partition coefficient (Wildman–Crippen LogP) is 0.405. The molecule has 3 N–H and O–H groups in total. The summed E-state index contributed by atoms with van der Waals surface area (Å²) in [5.41, 5.74) is 7.90. The van der Waals surface area contributed by atoms with E-state index in [2.05, 4.69) is 47.7 Å². The van der Waals surface area contributed by atoms with Gasteiger partial charge in [0.1, 0.15) is 6.17 Å². The van der Waals surface area contributed by atoms with Crippen LogP contribution in [0.2, 0.25) is 0 Å². The van der Waals surface area contributed by atoms with Gasteiger partial charge in [-0.25, -0.2) is 5.01 Å². The standard InChI is InChI=1S/C12H24N4O/c1-8-5-10(3)15(13-8)12(7-17)16-11(4)6-9(2)14-16/h5,9-14,17H,6-7H2,1-4H3. The van der Waals surface area contributed by atoms with E-state index in [1.54, 1.807) is 0 Å². The van der Waals surface area contributed by atoms with E-state index >= 15 is 0 Å². The summed E-state index contributed by atoms with van der Waals surface area (Å²) in [5, 5.41) is 13.9. The Kier molecular flexibility index (Phi) is 3.73. The van der Waals surface area contributed by atoms with E-state index in [0.29, 0.717) is 18.1 Å². The molecule has 4 atom stereocenters. The zero-order chi connectivity index (χ0) is 12.6. The monoisotopic (exact) mass is 240 g/mol. The molecule has 0 amide bonds. The first-order valence-electron chi connectivity index (χ1n) is 6.41. The maximum Gasteiger partial charge on any atom is 0.117 e. The number of nitrogens with zero attached hydrogens (tertiary/aromatic N) is 2. The van der Waals surface area contributed by atoms with Crippen LogP contribution in [-0.2, 0) is 0 Å². The second kappa shape index (κ2) is 4.94. The van der Waals surface area contributed by atoms with E-state index in [1.165, 1.54) is 0 Å². The third-order valence-corrected chi connectivity index (χ3v) is 3.58. The molecule has 98 valence electrons. The van der Waals surface area contributed by atoms with Crippen molar-refractivity contribution in [1.82, 2.24) is 20.9 Å². The molecular formula is C12H24N4O. The lowest BCUT2D eigenvalue weighted by atomic mass is 10.2. The van der Waals surface area contributed by atoms with Crippen LogP contribution in [0, 0.1) is 0 Å². The van der Waals surface area contributed by atoms with Gasteiger partial charge in [0.05, 0.1) is 6.61 Å². The summed E-state index contributed by atoms with van der Waals surface area (Å²) in [6, 6.07) is 1.22. The minimum absolute atomic E-state index is 0.0290. The zero-order valence-corrected chi connectivity index (χ0v) is 11.1. The van der Waals surface area contributed by atoms with E-state index in [1.807, 2.05) is 6.92 Å². The summed E-state index contributed by atoms with van der Waals surface area (Å²) in [6.45, 7) is 8.67. The van der Waals surface area contributed by atoms with Crippen molar-refractivity contribution in [3.8, 4) is 0 Å². The average Bonchev–Trinajstić information content (AvgIpc) is 2.73. The Hall–Kier alpha value is -0.620. The van der Waals surface area contributed by atoms with Crippen LogP contribution >= 0.6 is 0 Å². The molecule has 5 heteroatoms. The molecule has 0 bridgehead atoms. The largest absolute Gasteiger partial charge is 0.393 e. The van der Waals surface area contributed by atoms with Crippen LogP contribution in [0.15, 0.2) is 11.8 Å². The van der Waals surface area contributed by atoms with Gasteiger partial charge in [-0.3, -0.25) is 5.43 Å². The van der Waals surface area contributed by atoms with Crippen molar-refractivity contribution in [2.75, 3.05) is 6.61 Å². The second-order valence-corrected chi connectivity index (χ2v) is 5.29. The van der Waals surface area contributed by atoms with E-state index in [-0.39, 0.29) is 12.8 Å². The van der Waals surface area contributed by atoms with E-state index in [4.69, 9.17) is 0 Å². The smallest absolute Gasteiger partial charge is 0.117 e. The number of aliphatic hydroxyl groups is 1. The minimum atomic E-state index is -0.0290. The van der Waals surface area contributed by atoms with Crippen molar-refractivity contribution >= 4 is 0 Å². The summed E-state index contributed by atoms with van der Waals surface area (Å²) in [5.74, 6) is 0. The Labute approximate surface area is 103 Å². The average molecular weight is 240 g/mol. The van der Waals surface area contributed by atoms with Gasteiger partial charge in [-0.2, -0.15) is 5.01 Å². The van der Waals surface area contributed by atoms with Gasteiger partial charge >= 0.3 is 0 Å². The highest BCUT2D eigenvalue weighted by atomic mass is 16.3. The zero-order valence-electron chi connectivity index (χ0n) is 11.1. The van der Waals surface area contributed by atoms with Crippen molar-refractivity contribution in [2.24, 2.45) is 0 Å². The molecule has 0 aliphatic carbocycles. The van der Waals surface area contributed by atoms with Crippen LogP contribution in [0.5, 0.6) is 0 Å². The van der Waals surface area contributed by atoms with Gasteiger partial charge in [-0.15, -0.1) is 0 Å². The number of allylic oxidation sites excluding steroid dienone is 1. The van der Waals surface area contributed by atoms with Crippen molar-refractivity contribution in [2.45, 2.75) is 58.4 Å². The van der Waals surface area contributed by atoms with Gasteiger partial charge in [-0.1, -0.05) is 0 Å². The molecule has 4 unspecified atom stereocenters. The molecule has 0 spiro atoms. The van der Waals surface area contributed by atoms with Crippen molar-refractivity contribution in [1.29, 1.82) is 0 Å². The second-order valence-electron chi connectivity index (χ2n) is 5.29. The molecule has 0 saturated carbocycles. The van der Waals surface area contributed by atoms with Crippen molar-refractivity contribution in [3.05, 3.63) is 11.8 Å². The highest BCUT2D eigenvalue weighted by molar-refractivity contribution is 5.08. The first kappa shape index (κ1) is 12.8. The number of aliphatic hydroxyl groups excluding tert-OH is 1. The summed E-state index contributed by atoms with van der Waals surface area (Å²) in [4.78, 5) is 0. The van der Waals surface area contributed by atoms with Crippen LogP contribution < -0.4 is 10.9 Å². The molecule has 2 heterocycles. The van der Waals surface area contributed by atoms with Crippen LogP contribution in [0.3, 0.4) is 0 Å². The normalized spacial score (nSPS) is 37.0. The molecule has 2 rings (SSSR count). The van der Waals surface area contributed by atoms with E-state index in [9.17, 15) is 5.11 Å². The molecule has 17 heavy (non-hydrogen) atoms. The lowest BCUT2D eigenvalue weighted by molar-refractivity contribution is -0.0545. The molecule has 5 nitrogen and oxygen atoms in total. The third-order valence-electron chi connectivity index (χ3n) is 3.58. The Morgan fingerprint density at radius 1 is 1.41 bits per heavy atom. The number of rotatable bonds is 3. The van der Waals surface area contributed by atoms with Crippen LogP contribution in [0.25, 0.3) is 0 Å². The number of hydrazine groups is 2. The van der Waals surface area contributed by atoms with Gasteiger partial charge in [-0.05, 0) is 40.2 Å². The number of nitrogens with one attached hydrogen (secondary N) is 2. The number of hydrogen-bond acceptors (Lipinski definition) is 5. The summed E-state index contributed by atoms with van der Waals surface area (Å²) >= 11 is 0. The molecular weight excluding hydrogens is 216 g/mol. The number of hydrogen-bond donors (Lipinski definition) is 3. The molecule has 0 radical (unpaired) electrons. The highest BCUT2D eigenvalue weighted by Crippen LogP contribution is 2.22. The first-order chi connectivity index (χ1) is 8.02. The SMILES string of the molecule is CC1=CC(C)N(C(CO)N2NC(C)CC2C)N1. The Bertz CT molecular complexity index is 305. The van der Waals surface area contributed by atoms with Crippen LogP contribution in [0.1, 0.15) is 34.1 Å². The maximum atomic E-state index is 9.67. The lowest BCUT2D eigenvalue weighted by Gasteiger charge is -2.38. The fourth-order valence-corrected chi connectivity index (χ4v) is 2.88. The maximum absolute atomic E-state index is 9.67. The quantitative estimate of drug-likeness (QED) is 0.667. The van der Waals surface area contributed by atoms with Crippen LogP contribution in [-0.4, -0.2) is 46.0 Å². The van der Waals surface area contributed by atoms with E-state index < -0.39 is 0 Å². The van der Waals surface area contributed by atoms with Gasteiger partial charge < -0.3 is 10.5 Å². The minimum Gasteiger partial charge on any atom is -0.393 e. The van der Waals surface area contributed by atoms with Crippen molar-refractivity contribution < 1.29 is 5.11 Å². The topological polar surface area (TPSA) is 50.8 Å². The van der Waals surface area contributed by atoms with Gasteiger partial charge in [0.15, 0.2) is 0 Å².